The quantitative estimate of drug-likeness (QED) is 0.798. The molecule has 0 aliphatic carbocycles. The molecular weight excluding hydrogens is 271 g/mol. The highest BCUT2D eigenvalue weighted by Crippen LogP contribution is 2.29. The first-order chi connectivity index (χ1) is 7.33. The van der Waals surface area contributed by atoms with Crippen LogP contribution in [0.1, 0.15) is 11.1 Å². The molecule has 0 atom stereocenters. The molecule has 0 unspecified atom stereocenters. The molecular formula is C10H12Cl2O3S. The van der Waals surface area contributed by atoms with Crippen LogP contribution < -0.4 is 4.74 Å². The van der Waals surface area contributed by atoms with Gasteiger partial charge < -0.3 is 4.74 Å². The van der Waals surface area contributed by atoms with Crippen LogP contribution in [0.5, 0.6) is 5.75 Å². The fraction of sp³-hybridized carbons (Fsp3) is 0.400. The van der Waals surface area contributed by atoms with E-state index in [1.165, 1.54) is 7.11 Å². The Labute approximate surface area is 105 Å². The molecule has 0 spiro atoms. The summed E-state index contributed by atoms with van der Waals surface area (Å²) in [7, 11) is 3.19. The molecule has 3 nitrogen and oxygen atoms in total. The summed E-state index contributed by atoms with van der Waals surface area (Å²) in [6, 6.07) is 3.55. The van der Waals surface area contributed by atoms with Gasteiger partial charge in [0.05, 0.1) is 17.9 Å². The van der Waals surface area contributed by atoms with Crippen molar-refractivity contribution in [3.05, 3.63) is 28.3 Å². The number of ether oxygens (including phenoxy) is 1. The van der Waals surface area contributed by atoms with E-state index in [-0.39, 0.29) is 5.75 Å². The van der Waals surface area contributed by atoms with Gasteiger partial charge in [-0.15, -0.1) is 0 Å². The van der Waals surface area contributed by atoms with E-state index in [0.717, 1.165) is 11.1 Å². The SMILES string of the molecule is COc1cc(CCS(=O)(=O)Cl)cc(C)c1Cl. The normalized spacial score (nSPS) is 11.5. The van der Waals surface area contributed by atoms with Gasteiger partial charge in [0, 0.05) is 10.7 Å². The first-order valence-corrected chi connectivity index (χ1v) is 7.44. The number of aryl methyl sites for hydroxylation is 2. The summed E-state index contributed by atoms with van der Waals surface area (Å²) in [5.41, 5.74) is 1.69. The first-order valence-electron chi connectivity index (χ1n) is 4.59. The van der Waals surface area contributed by atoms with Crippen LogP contribution in [0.15, 0.2) is 12.1 Å². The van der Waals surface area contributed by atoms with E-state index in [9.17, 15) is 8.42 Å². The molecule has 0 N–H and O–H groups in total. The molecule has 1 aromatic rings. The minimum Gasteiger partial charge on any atom is -0.495 e. The van der Waals surface area contributed by atoms with Gasteiger partial charge in [-0.1, -0.05) is 17.7 Å². The van der Waals surface area contributed by atoms with E-state index < -0.39 is 9.05 Å². The maximum absolute atomic E-state index is 10.8. The molecule has 0 aromatic heterocycles. The predicted molar refractivity (Wildman–Crippen MR) is 66.1 cm³/mol. The molecule has 1 aromatic carbocycles. The second-order valence-corrected chi connectivity index (χ2v) is 6.70. The van der Waals surface area contributed by atoms with E-state index in [4.69, 9.17) is 27.0 Å². The zero-order chi connectivity index (χ0) is 12.3. The summed E-state index contributed by atoms with van der Waals surface area (Å²) in [6.07, 6.45) is 0.347. The standard InChI is InChI=1S/C10H12Cl2O3S/c1-7-5-8(3-4-16(12,13)14)6-9(15-2)10(7)11/h5-6H,3-4H2,1-2H3. The molecule has 1 rings (SSSR count). The number of rotatable bonds is 4. The average Bonchev–Trinajstić information content (AvgIpc) is 2.18. The van der Waals surface area contributed by atoms with Crippen LogP contribution in [0.2, 0.25) is 5.02 Å². The molecule has 0 radical (unpaired) electrons. The van der Waals surface area contributed by atoms with Gasteiger partial charge in [0.1, 0.15) is 5.75 Å². The monoisotopic (exact) mass is 282 g/mol. The minimum absolute atomic E-state index is 0.0984. The second kappa shape index (κ2) is 5.25. The Hall–Kier alpha value is -0.450. The van der Waals surface area contributed by atoms with Gasteiger partial charge in [0.15, 0.2) is 0 Å². The summed E-state index contributed by atoms with van der Waals surface area (Å²) in [5.74, 6) is 0.447. The van der Waals surface area contributed by atoms with Crippen LogP contribution in [-0.4, -0.2) is 21.3 Å². The van der Waals surface area contributed by atoms with E-state index in [2.05, 4.69) is 0 Å². The van der Waals surface area contributed by atoms with Crippen LogP contribution in [-0.2, 0) is 15.5 Å². The molecule has 16 heavy (non-hydrogen) atoms. The molecule has 0 heterocycles. The molecule has 0 bridgehead atoms. The Morgan fingerprint density at radius 1 is 1.38 bits per heavy atom. The summed E-state index contributed by atoms with van der Waals surface area (Å²) in [5, 5.41) is 0.542. The number of hydrogen-bond donors (Lipinski definition) is 0. The van der Waals surface area contributed by atoms with E-state index in [0.29, 0.717) is 17.2 Å². The second-order valence-electron chi connectivity index (χ2n) is 3.42. The number of halogens is 2. The van der Waals surface area contributed by atoms with Crippen LogP contribution in [0.25, 0.3) is 0 Å². The third-order valence-corrected chi connectivity index (χ3v) is 3.77. The van der Waals surface area contributed by atoms with Crippen molar-refractivity contribution in [2.24, 2.45) is 0 Å². The lowest BCUT2D eigenvalue weighted by atomic mass is 10.1. The largest absolute Gasteiger partial charge is 0.495 e. The van der Waals surface area contributed by atoms with E-state index in [1.54, 1.807) is 6.07 Å². The Morgan fingerprint density at radius 2 is 2.00 bits per heavy atom. The summed E-state index contributed by atoms with van der Waals surface area (Å²) in [6.45, 7) is 1.84. The van der Waals surface area contributed by atoms with Gasteiger partial charge in [-0.25, -0.2) is 8.42 Å². The van der Waals surface area contributed by atoms with Crippen LogP contribution in [0, 0.1) is 6.92 Å². The Morgan fingerprint density at radius 3 is 2.50 bits per heavy atom. The van der Waals surface area contributed by atoms with Crippen molar-refractivity contribution in [3.8, 4) is 5.75 Å². The van der Waals surface area contributed by atoms with Gasteiger partial charge in [-0.05, 0) is 30.5 Å². The molecule has 90 valence electrons. The molecule has 0 aliphatic rings. The lowest BCUT2D eigenvalue weighted by molar-refractivity contribution is 0.414. The zero-order valence-corrected chi connectivity index (χ0v) is 11.3. The Balaban J connectivity index is 2.94. The maximum Gasteiger partial charge on any atom is 0.232 e. The summed E-state index contributed by atoms with van der Waals surface area (Å²) < 4.78 is 26.7. The lowest BCUT2D eigenvalue weighted by Gasteiger charge is -2.09. The predicted octanol–water partition coefficient (Wildman–Crippen LogP) is 2.77. The highest BCUT2D eigenvalue weighted by atomic mass is 35.7. The Kier molecular flexibility index (Phi) is 4.47. The van der Waals surface area contributed by atoms with Gasteiger partial charge >= 0.3 is 0 Å². The molecule has 0 fully saturated rings. The number of methoxy groups -OCH3 is 1. The third-order valence-electron chi connectivity index (χ3n) is 2.14. The molecule has 0 amide bonds. The molecule has 0 saturated heterocycles. The van der Waals surface area contributed by atoms with Crippen LogP contribution in [0.4, 0.5) is 0 Å². The fourth-order valence-corrected chi connectivity index (χ4v) is 2.24. The van der Waals surface area contributed by atoms with Crippen LogP contribution in [0.3, 0.4) is 0 Å². The van der Waals surface area contributed by atoms with Crippen molar-refractivity contribution in [3.63, 3.8) is 0 Å². The summed E-state index contributed by atoms with van der Waals surface area (Å²) >= 11 is 5.99. The van der Waals surface area contributed by atoms with Gasteiger partial charge in [-0.3, -0.25) is 0 Å². The van der Waals surface area contributed by atoms with E-state index in [1.807, 2.05) is 13.0 Å². The van der Waals surface area contributed by atoms with Crippen molar-refractivity contribution in [1.29, 1.82) is 0 Å². The molecule has 0 saturated carbocycles. The van der Waals surface area contributed by atoms with Crippen molar-refractivity contribution >= 4 is 31.3 Å². The van der Waals surface area contributed by atoms with Crippen LogP contribution >= 0.6 is 22.3 Å². The topological polar surface area (TPSA) is 43.4 Å². The van der Waals surface area contributed by atoms with E-state index >= 15 is 0 Å². The zero-order valence-electron chi connectivity index (χ0n) is 8.96. The van der Waals surface area contributed by atoms with Crippen molar-refractivity contribution in [1.82, 2.24) is 0 Å². The molecule has 6 heteroatoms. The average molecular weight is 283 g/mol. The highest BCUT2D eigenvalue weighted by Gasteiger charge is 2.10. The third kappa shape index (κ3) is 3.85. The van der Waals surface area contributed by atoms with Crippen molar-refractivity contribution in [2.45, 2.75) is 13.3 Å². The van der Waals surface area contributed by atoms with Gasteiger partial charge in [-0.2, -0.15) is 0 Å². The van der Waals surface area contributed by atoms with Crippen molar-refractivity contribution < 1.29 is 13.2 Å². The maximum atomic E-state index is 10.8. The smallest absolute Gasteiger partial charge is 0.232 e. The minimum atomic E-state index is -3.47. The van der Waals surface area contributed by atoms with Gasteiger partial charge in [0.2, 0.25) is 9.05 Å². The highest BCUT2D eigenvalue weighted by molar-refractivity contribution is 8.13. The fourth-order valence-electron chi connectivity index (χ4n) is 1.34. The lowest BCUT2D eigenvalue weighted by Crippen LogP contribution is -2.02. The first kappa shape index (κ1) is 13.6. The summed E-state index contributed by atoms with van der Waals surface area (Å²) in [4.78, 5) is 0. The number of hydrogen-bond acceptors (Lipinski definition) is 3. The molecule has 0 aliphatic heterocycles. The van der Waals surface area contributed by atoms with Crippen molar-refractivity contribution in [2.75, 3.05) is 12.9 Å². The van der Waals surface area contributed by atoms with Gasteiger partial charge in [0.25, 0.3) is 0 Å². The Bertz CT molecular complexity index is 483. The number of benzene rings is 1.